The van der Waals surface area contributed by atoms with Crippen molar-refractivity contribution in [3.8, 4) is 0 Å². The van der Waals surface area contributed by atoms with Crippen LogP contribution in [0.1, 0.15) is 16.5 Å². The average Bonchev–Trinajstić information content (AvgIpc) is 2.63. The SMILES string of the molecule is Nc1cccc(C(O)c2sccc2Br)c1. The highest BCUT2D eigenvalue weighted by molar-refractivity contribution is 9.10. The summed E-state index contributed by atoms with van der Waals surface area (Å²) in [6.45, 7) is 0. The molecule has 0 saturated carbocycles. The highest BCUT2D eigenvalue weighted by atomic mass is 79.9. The summed E-state index contributed by atoms with van der Waals surface area (Å²) in [6, 6.07) is 9.23. The summed E-state index contributed by atoms with van der Waals surface area (Å²) >= 11 is 4.92. The number of hydrogen-bond acceptors (Lipinski definition) is 3. The molecule has 2 aromatic rings. The molecule has 3 N–H and O–H groups in total. The second-order valence-corrected chi connectivity index (χ2v) is 5.01. The molecule has 15 heavy (non-hydrogen) atoms. The minimum absolute atomic E-state index is 0.608. The lowest BCUT2D eigenvalue weighted by Crippen LogP contribution is -1.98. The van der Waals surface area contributed by atoms with Crippen LogP contribution in [0, 0.1) is 0 Å². The van der Waals surface area contributed by atoms with Crippen LogP contribution in [0.15, 0.2) is 40.2 Å². The largest absolute Gasteiger partial charge is 0.399 e. The predicted molar refractivity (Wildman–Crippen MR) is 66.9 cm³/mol. The molecule has 1 heterocycles. The van der Waals surface area contributed by atoms with E-state index in [1.54, 1.807) is 12.1 Å². The van der Waals surface area contributed by atoms with Gasteiger partial charge in [0.25, 0.3) is 0 Å². The zero-order valence-corrected chi connectivity index (χ0v) is 10.3. The summed E-state index contributed by atoms with van der Waals surface area (Å²) in [5, 5.41) is 12.1. The van der Waals surface area contributed by atoms with E-state index in [0.29, 0.717) is 5.69 Å². The van der Waals surface area contributed by atoms with Gasteiger partial charge in [0.05, 0.1) is 4.88 Å². The Morgan fingerprint density at radius 2 is 2.13 bits per heavy atom. The van der Waals surface area contributed by atoms with Gasteiger partial charge in [0.15, 0.2) is 0 Å². The van der Waals surface area contributed by atoms with Crippen LogP contribution in [-0.4, -0.2) is 5.11 Å². The van der Waals surface area contributed by atoms with Crippen molar-refractivity contribution in [1.82, 2.24) is 0 Å². The highest BCUT2D eigenvalue weighted by Crippen LogP contribution is 2.33. The van der Waals surface area contributed by atoms with Crippen molar-refractivity contribution < 1.29 is 5.11 Å². The molecule has 78 valence electrons. The van der Waals surface area contributed by atoms with Crippen molar-refractivity contribution in [1.29, 1.82) is 0 Å². The van der Waals surface area contributed by atoms with E-state index in [2.05, 4.69) is 15.9 Å². The van der Waals surface area contributed by atoms with E-state index < -0.39 is 6.10 Å². The fourth-order valence-corrected chi connectivity index (χ4v) is 2.98. The summed E-state index contributed by atoms with van der Waals surface area (Å²) in [5.41, 5.74) is 7.15. The van der Waals surface area contributed by atoms with Crippen LogP contribution in [0.3, 0.4) is 0 Å². The maximum atomic E-state index is 10.1. The number of thiophene rings is 1. The number of aliphatic hydroxyl groups is 1. The third kappa shape index (κ3) is 2.22. The van der Waals surface area contributed by atoms with Gasteiger partial charge in [-0.2, -0.15) is 0 Å². The smallest absolute Gasteiger partial charge is 0.114 e. The van der Waals surface area contributed by atoms with E-state index in [1.807, 2.05) is 23.6 Å². The Hall–Kier alpha value is -0.840. The van der Waals surface area contributed by atoms with E-state index in [1.165, 1.54) is 11.3 Å². The first kappa shape index (κ1) is 10.7. The van der Waals surface area contributed by atoms with E-state index in [-0.39, 0.29) is 0 Å². The summed E-state index contributed by atoms with van der Waals surface area (Å²) < 4.78 is 0.933. The van der Waals surface area contributed by atoms with Crippen LogP contribution in [-0.2, 0) is 0 Å². The molecule has 0 bridgehead atoms. The molecule has 1 atom stereocenters. The van der Waals surface area contributed by atoms with Crippen LogP contribution in [0.4, 0.5) is 5.69 Å². The number of benzene rings is 1. The Morgan fingerprint density at radius 1 is 1.33 bits per heavy atom. The van der Waals surface area contributed by atoms with Gasteiger partial charge in [-0.1, -0.05) is 12.1 Å². The first-order valence-corrected chi connectivity index (χ1v) is 6.12. The molecular weight excluding hydrogens is 274 g/mol. The first-order valence-electron chi connectivity index (χ1n) is 4.45. The Morgan fingerprint density at radius 3 is 2.73 bits per heavy atom. The number of rotatable bonds is 2. The molecule has 0 saturated heterocycles. The lowest BCUT2D eigenvalue weighted by atomic mass is 10.1. The zero-order valence-electron chi connectivity index (χ0n) is 7.85. The molecule has 0 radical (unpaired) electrons. The molecule has 0 aliphatic rings. The highest BCUT2D eigenvalue weighted by Gasteiger charge is 2.14. The van der Waals surface area contributed by atoms with E-state index in [9.17, 15) is 5.11 Å². The number of anilines is 1. The normalized spacial score (nSPS) is 12.7. The van der Waals surface area contributed by atoms with Crippen molar-refractivity contribution in [2.75, 3.05) is 5.73 Å². The van der Waals surface area contributed by atoms with Crippen LogP contribution in [0.5, 0.6) is 0 Å². The average molecular weight is 284 g/mol. The second kappa shape index (κ2) is 4.35. The molecule has 2 rings (SSSR count). The molecule has 0 spiro atoms. The van der Waals surface area contributed by atoms with Gasteiger partial charge in [0.2, 0.25) is 0 Å². The van der Waals surface area contributed by atoms with Gasteiger partial charge in [-0.15, -0.1) is 11.3 Å². The fraction of sp³-hybridized carbons (Fsp3) is 0.0909. The van der Waals surface area contributed by atoms with Crippen molar-refractivity contribution in [3.63, 3.8) is 0 Å². The van der Waals surface area contributed by atoms with Gasteiger partial charge >= 0.3 is 0 Å². The molecule has 0 aliphatic carbocycles. The summed E-state index contributed by atoms with van der Waals surface area (Å²) in [4.78, 5) is 0.903. The van der Waals surface area contributed by atoms with Crippen molar-refractivity contribution in [2.24, 2.45) is 0 Å². The lowest BCUT2D eigenvalue weighted by Gasteiger charge is -2.10. The van der Waals surface area contributed by atoms with Crippen LogP contribution < -0.4 is 5.73 Å². The summed E-state index contributed by atoms with van der Waals surface area (Å²) in [6.07, 6.45) is -0.608. The third-order valence-electron chi connectivity index (χ3n) is 2.12. The minimum atomic E-state index is -0.608. The number of aliphatic hydroxyl groups excluding tert-OH is 1. The molecule has 0 amide bonds. The van der Waals surface area contributed by atoms with Crippen LogP contribution in [0.25, 0.3) is 0 Å². The third-order valence-corrected chi connectivity index (χ3v) is 4.04. The minimum Gasteiger partial charge on any atom is -0.399 e. The van der Waals surface area contributed by atoms with Crippen molar-refractivity contribution in [3.05, 3.63) is 50.6 Å². The van der Waals surface area contributed by atoms with Crippen LogP contribution >= 0.6 is 27.3 Å². The van der Waals surface area contributed by atoms with Gasteiger partial charge in [0.1, 0.15) is 6.10 Å². The Bertz CT molecular complexity index is 469. The van der Waals surface area contributed by atoms with Crippen molar-refractivity contribution in [2.45, 2.75) is 6.10 Å². The molecular formula is C11H10BrNOS. The van der Waals surface area contributed by atoms with E-state index in [4.69, 9.17) is 5.73 Å². The maximum Gasteiger partial charge on any atom is 0.114 e. The molecule has 1 unspecified atom stereocenters. The molecule has 0 aliphatic heterocycles. The summed E-state index contributed by atoms with van der Waals surface area (Å²) in [7, 11) is 0. The van der Waals surface area contributed by atoms with Gasteiger partial charge in [-0.05, 0) is 45.1 Å². The van der Waals surface area contributed by atoms with E-state index >= 15 is 0 Å². The van der Waals surface area contributed by atoms with Gasteiger partial charge in [-0.3, -0.25) is 0 Å². The van der Waals surface area contributed by atoms with Gasteiger partial charge in [0, 0.05) is 10.2 Å². The maximum absolute atomic E-state index is 10.1. The van der Waals surface area contributed by atoms with Crippen LogP contribution in [0.2, 0.25) is 0 Å². The number of halogens is 1. The molecule has 4 heteroatoms. The second-order valence-electron chi connectivity index (χ2n) is 3.21. The molecule has 1 aromatic carbocycles. The van der Waals surface area contributed by atoms with E-state index in [0.717, 1.165) is 14.9 Å². The summed E-state index contributed by atoms with van der Waals surface area (Å²) in [5.74, 6) is 0. The quantitative estimate of drug-likeness (QED) is 0.832. The number of nitrogen functional groups attached to an aromatic ring is 1. The molecule has 0 fully saturated rings. The first-order chi connectivity index (χ1) is 7.18. The Kier molecular flexibility index (Phi) is 3.09. The zero-order chi connectivity index (χ0) is 10.8. The number of nitrogens with two attached hydrogens (primary N) is 1. The topological polar surface area (TPSA) is 46.2 Å². The monoisotopic (exact) mass is 283 g/mol. The van der Waals surface area contributed by atoms with Crippen molar-refractivity contribution >= 4 is 33.0 Å². The number of hydrogen-bond donors (Lipinski definition) is 2. The fourth-order valence-electron chi connectivity index (χ4n) is 1.38. The molecule has 1 aromatic heterocycles. The lowest BCUT2D eigenvalue weighted by molar-refractivity contribution is 0.223. The molecule has 2 nitrogen and oxygen atoms in total. The Labute approximate surface area is 100 Å². The predicted octanol–water partition coefficient (Wildman–Crippen LogP) is 3.17. The standard InChI is InChI=1S/C11H10BrNOS/c12-9-4-5-15-11(9)10(14)7-2-1-3-8(13)6-7/h1-6,10,14H,13H2. The van der Waals surface area contributed by atoms with Gasteiger partial charge in [-0.25, -0.2) is 0 Å². The Balaban J connectivity index is 2.36. The van der Waals surface area contributed by atoms with Gasteiger partial charge < -0.3 is 10.8 Å².